The smallest absolute Gasteiger partial charge is 0.274 e. The first kappa shape index (κ1) is 15.1. The van der Waals surface area contributed by atoms with Gasteiger partial charge in [-0.2, -0.15) is 0 Å². The monoisotopic (exact) mass is 327 g/mol. The first-order chi connectivity index (χ1) is 11.2. The number of para-hydroxylation sites is 1. The number of rotatable bonds is 5. The van der Waals surface area contributed by atoms with Gasteiger partial charge in [-0.1, -0.05) is 23.7 Å². The summed E-state index contributed by atoms with van der Waals surface area (Å²) in [5.41, 5.74) is 1.63. The fourth-order valence-corrected chi connectivity index (χ4v) is 2.20. The van der Waals surface area contributed by atoms with E-state index in [1.807, 2.05) is 12.1 Å². The number of nitrogens with zero attached hydrogens (tertiary/aromatic N) is 1. The van der Waals surface area contributed by atoms with Gasteiger partial charge in [0.15, 0.2) is 0 Å². The number of furan rings is 1. The van der Waals surface area contributed by atoms with Crippen molar-refractivity contribution in [1.29, 1.82) is 0 Å². The Hall–Kier alpha value is -2.79. The van der Waals surface area contributed by atoms with Gasteiger partial charge in [0.1, 0.15) is 11.5 Å². The number of carbonyl (C=O) groups excluding carboxylic acids is 1. The second kappa shape index (κ2) is 6.98. The van der Waals surface area contributed by atoms with Crippen molar-refractivity contribution in [2.45, 2.75) is 6.54 Å². The van der Waals surface area contributed by atoms with Crippen molar-refractivity contribution in [2.24, 2.45) is 0 Å². The zero-order valence-electron chi connectivity index (χ0n) is 12.1. The van der Waals surface area contributed by atoms with Crippen LogP contribution in [0.4, 0.5) is 11.4 Å². The molecule has 0 aliphatic carbocycles. The van der Waals surface area contributed by atoms with Crippen LogP contribution in [0.5, 0.6) is 0 Å². The minimum atomic E-state index is -0.320. The summed E-state index contributed by atoms with van der Waals surface area (Å²) in [7, 11) is 0. The van der Waals surface area contributed by atoms with Gasteiger partial charge in [-0.05, 0) is 36.4 Å². The largest absolute Gasteiger partial charge is 0.467 e. The summed E-state index contributed by atoms with van der Waals surface area (Å²) >= 11 is 6.04. The van der Waals surface area contributed by atoms with Crippen molar-refractivity contribution in [2.75, 3.05) is 10.6 Å². The van der Waals surface area contributed by atoms with Crippen molar-refractivity contribution in [3.05, 3.63) is 77.5 Å². The van der Waals surface area contributed by atoms with Gasteiger partial charge < -0.3 is 15.1 Å². The average Bonchev–Trinajstić information content (AvgIpc) is 3.09. The molecule has 1 amide bonds. The number of hydrogen-bond donors (Lipinski definition) is 2. The Balaban J connectivity index is 1.69. The Bertz CT molecular complexity index is 803. The average molecular weight is 328 g/mol. The van der Waals surface area contributed by atoms with Gasteiger partial charge >= 0.3 is 0 Å². The summed E-state index contributed by atoms with van der Waals surface area (Å²) in [4.78, 5) is 16.4. The van der Waals surface area contributed by atoms with E-state index in [2.05, 4.69) is 15.6 Å². The maximum atomic E-state index is 12.3. The Labute approximate surface area is 138 Å². The van der Waals surface area contributed by atoms with Gasteiger partial charge in [0.05, 0.1) is 23.5 Å². The number of pyridine rings is 1. The van der Waals surface area contributed by atoms with Crippen LogP contribution in [-0.2, 0) is 6.54 Å². The first-order valence-electron chi connectivity index (χ1n) is 7.00. The van der Waals surface area contributed by atoms with E-state index in [0.717, 1.165) is 11.4 Å². The highest BCUT2D eigenvalue weighted by molar-refractivity contribution is 6.33. The van der Waals surface area contributed by atoms with Crippen LogP contribution in [0.2, 0.25) is 5.02 Å². The van der Waals surface area contributed by atoms with E-state index in [4.69, 9.17) is 16.0 Å². The standard InChI is InChI=1S/C17H14ClN3O2/c18-14-5-1-2-6-15(14)21-17(22)16-10-12(7-8-19-16)20-11-13-4-3-9-23-13/h1-10H,11H2,(H,19,20)(H,21,22). The molecule has 0 aliphatic rings. The molecular weight excluding hydrogens is 314 g/mol. The molecule has 0 spiro atoms. The Morgan fingerprint density at radius 1 is 1.17 bits per heavy atom. The number of amides is 1. The molecule has 0 bridgehead atoms. The van der Waals surface area contributed by atoms with E-state index in [9.17, 15) is 4.79 Å². The molecule has 23 heavy (non-hydrogen) atoms. The van der Waals surface area contributed by atoms with Crippen LogP contribution < -0.4 is 10.6 Å². The van der Waals surface area contributed by atoms with E-state index in [1.54, 1.807) is 48.9 Å². The maximum absolute atomic E-state index is 12.3. The molecule has 3 rings (SSSR count). The third-order valence-corrected chi connectivity index (χ3v) is 3.49. The van der Waals surface area contributed by atoms with E-state index in [1.165, 1.54) is 0 Å². The van der Waals surface area contributed by atoms with Gasteiger partial charge in [-0.3, -0.25) is 9.78 Å². The lowest BCUT2D eigenvalue weighted by Gasteiger charge is -2.08. The van der Waals surface area contributed by atoms with Crippen LogP contribution >= 0.6 is 11.6 Å². The molecule has 0 radical (unpaired) electrons. The number of halogens is 1. The van der Waals surface area contributed by atoms with Gasteiger partial charge in [-0.25, -0.2) is 0 Å². The van der Waals surface area contributed by atoms with Crippen LogP contribution in [0.15, 0.2) is 65.4 Å². The summed E-state index contributed by atoms with van der Waals surface area (Å²) in [5, 5.41) is 6.40. The van der Waals surface area contributed by atoms with Crippen LogP contribution in [0.1, 0.15) is 16.2 Å². The van der Waals surface area contributed by atoms with Crippen molar-refractivity contribution in [3.63, 3.8) is 0 Å². The SMILES string of the molecule is O=C(Nc1ccccc1Cl)c1cc(NCc2ccco2)ccn1. The summed E-state index contributed by atoms with van der Waals surface area (Å²) in [5.74, 6) is 0.489. The van der Waals surface area contributed by atoms with Gasteiger partial charge in [0, 0.05) is 11.9 Å². The highest BCUT2D eigenvalue weighted by Gasteiger charge is 2.10. The Morgan fingerprint density at radius 2 is 2.04 bits per heavy atom. The second-order valence-corrected chi connectivity index (χ2v) is 5.20. The molecule has 0 atom stereocenters. The van der Waals surface area contributed by atoms with Crippen LogP contribution in [-0.4, -0.2) is 10.9 Å². The molecule has 0 fully saturated rings. The van der Waals surface area contributed by atoms with Crippen LogP contribution in [0.3, 0.4) is 0 Å². The molecule has 0 aliphatic heterocycles. The molecule has 6 heteroatoms. The van der Waals surface area contributed by atoms with Crippen molar-refractivity contribution < 1.29 is 9.21 Å². The second-order valence-electron chi connectivity index (χ2n) is 4.80. The number of carbonyl (C=O) groups is 1. The zero-order valence-corrected chi connectivity index (χ0v) is 12.9. The lowest BCUT2D eigenvalue weighted by molar-refractivity contribution is 0.102. The fourth-order valence-electron chi connectivity index (χ4n) is 2.02. The molecule has 2 aromatic heterocycles. The van der Waals surface area contributed by atoms with E-state index < -0.39 is 0 Å². The van der Waals surface area contributed by atoms with Crippen LogP contribution in [0.25, 0.3) is 0 Å². The lowest BCUT2D eigenvalue weighted by Crippen LogP contribution is -2.14. The summed E-state index contributed by atoms with van der Waals surface area (Å²) in [6, 6.07) is 14.2. The first-order valence-corrected chi connectivity index (χ1v) is 7.38. The number of anilines is 2. The highest BCUT2D eigenvalue weighted by Crippen LogP contribution is 2.21. The van der Waals surface area contributed by atoms with Crippen molar-refractivity contribution in [3.8, 4) is 0 Å². The molecule has 5 nitrogen and oxygen atoms in total. The van der Waals surface area contributed by atoms with Crippen molar-refractivity contribution in [1.82, 2.24) is 4.98 Å². The minimum Gasteiger partial charge on any atom is -0.467 e. The molecule has 116 valence electrons. The molecule has 0 saturated heterocycles. The van der Waals surface area contributed by atoms with Gasteiger partial charge in [-0.15, -0.1) is 0 Å². The molecular formula is C17H14ClN3O2. The van der Waals surface area contributed by atoms with Gasteiger partial charge in [0.25, 0.3) is 5.91 Å². The number of hydrogen-bond acceptors (Lipinski definition) is 4. The van der Waals surface area contributed by atoms with E-state index >= 15 is 0 Å². The van der Waals surface area contributed by atoms with Crippen molar-refractivity contribution >= 4 is 28.9 Å². The molecule has 0 unspecified atom stereocenters. The summed E-state index contributed by atoms with van der Waals surface area (Å²) in [6.07, 6.45) is 3.19. The summed E-state index contributed by atoms with van der Waals surface area (Å²) < 4.78 is 5.25. The normalized spacial score (nSPS) is 10.3. The van der Waals surface area contributed by atoms with E-state index in [0.29, 0.717) is 22.9 Å². The van der Waals surface area contributed by atoms with E-state index in [-0.39, 0.29) is 5.91 Å². The predicted molar refractivity (Wildman–Crippen MR) is 89.7 cm³/mol. The fraction of sp³-hybridized carbons (Fsp3) is 0.0588. The molecule has 3 aromatic rings. The number of aromatic nitrogens is 1. The third-order valence-electron chi connectivity index (χ3n) is 3.16. The minimum absolute atomic E-state index is 0.300. The van der Waals surface area contributed by atoms with Gasteiger partial charge in [0.2, 0.25) is 0 Å². The number of nitrogens with one attached hydrogen (secondary N) is 2. The molecule has 0 saturated carbocycles. The Morgan fingerprint density at radius 3 is 2.83 bits per heavy atom. The molecule has 1 aromatic carbocycles. The summed E-state index contributed by atoms with van der Waals surface area (Å²) in [6.45, 7) is 0.530. The predicted octanol–water partition coefficient (Wildman–Crippen LogP) is 4.19. The molecule has 2 N–H and O–H groups in total. The zero-order chi connectivity index (χ0) is 16.1. The number of benzene rings is 1. The Kier molecular flexibility index (Phi) is 4.59. The van der Waals surface area contributed by atoms with Crippen LogP contribution in [0, 0.1) is 0 Å². The lowest BCUT2D eigenvalue weighted by atomic mass is 10.2. The highest BCUT2D eigenvalue weighted by atomic mass is 35.5. The third kappa shape index (κ3) is 3.90. The molecule has 2 heterocycles. The topological polar surface area (TPSA) is 67.2 Å². The quantitative estimate of drug-likeness (QED) is 0.737. The maximum Gasteiger partial charge on any atom is 0.274 e.